The van der Waals surface area contributed by atoms with Crippen LogP contribution in [0.25, 0.3) is 90.4 Å². The van der Waals surface area contributed by atoms with E-state index in [0.29, 0.717) is 17.0 Å². The Morgan fingerprint density at radius 3 is 1.11 bits per heavy atom. The molecule has 0 saturated heterocycles. The van der Waals surface area contributed by atoms with E-state index < -0.39 is 0 Å². The lowest BCUT2D eigenvalue weighted by Gasteiger charge is -2.08. The van der Waals surface area contributed by atoms with Gasteiger partial charge < -0.3 is 9.97 Å². The molecule has 8 bridgehead atoms. The maximum Gasteiger partial charge on any atom is 0.152 e. The molecular weight excluding hydrogens is 661 g/mol. The van der Waals surface area contributed by atoms with E-state index in [1.807, 2.05) is 6.08 Å². The molecule has 5 nitrogen and oxygen atoms in total. The van der Waals surface area contributed by atoms with Gasteiger partial charge in [-0.15, -0.1) is 0 Å². The van der Waals surface area contributed by atoms with Crippen molar-refractivity contribution >= 4 is 52.2 Å². The van der Waals surface area contributed by atoms with Crippen molar-refractivity contribution in [1.82, 2.24) is 19.9 Å². The van der Waals surface area contributed by atoms with Gasteiger partial charge >= 0.3 is 0 Å². The Morgan fingerprint density at radius 2 is 0.741 bits per heavy atom. The number of fused-ring (bicyclic) bond motifs is 8. The van der Waals surface area contributed by atoms with Gasteiger partial charge in [0.15, 0.2) is 6.29 Å². The molecular formula is C49H38N4O. The number of carbonyl (C=O) groups is 1. The summed E-state index contributed by atoms with van der Waals surface area (Å²) in [6.07, 6.45) is 7.09. The predicted octanol–water partition coefficient (Wildman–Crippen LogP) is 12.1. The summed E-state index contributed by atoms with van der Waals surface area (Å²) in [5.74, 6) is 0. The first-order valence-electron chi connectivity index (χ1n) is 18.3. The Balaban J connectivity index is 1.50. The van der Waals surface area contributed by atoms with Crippen molar-refractivity contribution < 1.29 is 4.79 Å². The van der Waals surface area contributed by atoms with Crippen molar-refractivity contribution in [3.05, 3.63) is 166 Å². The fraction of sp³-hybridized carbons (Fsp3) is 0.0816. The first kappa shape index (κ1) is 33.0. The predicted molar refractivity (Wildman–Crippen MR) is 225 cm³/mol. The van der Waals surface area contributed by atoms with Gasteiger partial charge in [0.25, 0.3) is 0 Å². The van der Waals surface area contributed by atoms with Crippen molar-refractivity contribution in [3.63, 3.8) is 0 Å². The van der Waals surface area contributed by atoms with Crippen LogP contribution in [-0.4, -0.2) is 26.2 Å². The third-order valence-electron chi connectivity index (χ3n) is 10.4. The second-order valence-electron chi connectivity index (χ2n) is 14.3. The summed E-state index contributed by atoms with van der Waals surface area (Å²) in [4.78, 5) is 31.3. The Morgan fingerprint density at radius 1 is 0.407 bits per heavy atom. The highest BCUT2D eigenvalue weighted by molar-refractivity contribution is 6.18. The highest BCUT2D eigenvalue weighted by Gasteiger charge is 2.22. The van der Waals surface area contributed by atoms with E-state index in [-0.39, 0.29) is 0 Å². The van der Waals surface area contributed by atoms with Gasteiger partial charge in [0.05, 0.1) is 22.8 Å². The van der Waals surface area contributed by atoms with Crippen LogP contribution >= 0.6 is 0 Å². The maximum atomic E-state index is 13.0. The molecule has 2 N–H and O–H groups in total. The van der Waals surface area contributed by atoms with Gasteiger partial charge in [-0.2, -0.15) is 0 Å². The van der Waals surface area contributed by atoms with E-state index >= 15 is 0 Å². The number of nitrogens with zero attached hydrogens (tertiary/aromatic N) is 2. The Kier molecular flexibility index (Phi) is 8.12. The number of carbonyl (C=O) groups excluding carboxylic acids is 1. The van der Waals surface area contributed by atoms with Crippen molar-refractivity contribution in [2.75, 3.05) is 0 Å². The zero-order valence-corrected chi connectivity index (χ0v) is 30.7. The van der Waals surface area contributed by atoms with E-state index in [1.165, 1.54) is 11.1 Å². The zero-order chi connectivity index (χ0) is 36.9. The fourth-order valence-electron chi connectivity index (χ4n) is 7.49. The summed E-state index contributed by atoms with van der Waals surface area (Å²) in [5, 5.41) is 0. The quantitative estimate of drug-likeness (QED) is 0.176. The highest BCUT2D eigenvalue weighted by atomic mass is 16.1. The van der Waals surface area contributed by atoms with Crippen LogP contribution in [0.4, 0.5) is 0 Å². The second kappa shape index (κ2) is 13.3. The molecule has 3 aromatic heterocycles. The van der Waals surface area contributed by atoms with Crippen LogP contribution in [-0.2, 0) is 4.79 Å². The van der Waals surface area contributed by atoms with Gasteiger partial charge in [-0.1, -0.05) is 119 Å². The third kappa shape index (κ3) is 5.90. The number of aromatic amines is 2. The van der Waals surface area contributed by atoms with Gasteiger partial charge in [-0.05, 0) is 92.4 Å². The lowest BCUT2D eigenvalue weighted by molar-refractivity contribution is -0.103. The molecule has 260 valence electrons. The van der Waals surface area contributed by atoms with Gasteiger partial charge in [0, 0.05) is 49.9 Å². The van der Waals surface area contributed by atoms with Gasteiger partial charge in [-0.3, -0.25) is 4.79 Å². The number of aromatic nitrogens is 4. The van der Waals surface area contributed by atoms with Crippen LogP contribution in [0.15, 0.2) is 121 Å². The maximum absolute atomic E-state index is 13.0. The van der Waals surface area contributed by atoms with Crippen LogP contribution in [0.1, 0.15) is 45.0 Å². The second-order valence-corrected chi connectivity index (χ2v) is 14.3. The van der Waals surface area contributed by atoms with Crippen LogP contribution in [0.2, 0.25) is 0 Å². The molecule has 5 heterocycles. The van der Waals surface area contributed by atoms with E-state index in [0.717, 1.165) is 95.4 Å². The molecule has 2 aliphatic heterocycles. The summed E-state index contributed by atoms with van der Waals surface area (Å²) in [5.41, 5.74) is 19.7. The van der Waals surface area contributed by atoms with Gasteiger partial charge in [-0.25, -0.2) is 9.97 Å². The third-order valence-corrected chi connectivity index (χ3v) is 10.4. The lowest BCUT2D eigenvalue weighted by atomic mass is 9.99. The fourth-order valence-corrected chi connectivity index (χ4v) is 7.49. The van der Waals surface area contributed by atoms with Gasteiger partial charge in [0.2, 0.25) is 0 Å². The van der Waals surface area contributed by atoms with E-state index in [4.69, 9.17) is 9.97 Å². The minimum Gasteiger partial charge on any atom is -0.354 e. The minimum absolute atomic E-state index is 0.522. The summed E-state index contributed by atoms with van der Waals surface area (Å²) in [6.45, 7) is 8.37. The normalized spacial score (nSPS) is 12.2. The number of benzene rings is 4. The molecule has 0 radical (unpaired) electrons. The van der Waals surface area contributed by atoms with Crippen molar-refractivity contribution in [2.45, 2.75) is 27.7 Å². The summed E-state index contributed by atoms with van der Waals surface area (Å²) >= 11 is 0. The molecule has 0 unspecified atom stereocenters. The average Bonchev–Trinajstić information content (AvgIpc) is 4.01. The van der Waals surface area contributed by atoms with Crippen LogP contribution in [0.5, 0.6) is 0 Å². The number of allylic oxidation sites excluding steroid dienone is 1. The first-order chi connectivity index (χ1) is 26.3. The molecule has 7 aromatic rings. The summed E-state index contributed by atoms with van der Waals surface area (Å²) in [6, 6.07) is 42.5. The van der Waals surface area contributed by atoms with Crippen LogP contribution in [0, 0.1) is 27.7 Å². The monoisotopic (exact) mass is 698 g/mol. The Bertz CT molecular complexity index is 2830. The number of aldehydes is 1. The van der Waals surface area contributed by atoms with Crippen molar-refractivity contribution in [1.29, 1.82) is 0 Å². The smallest absolute Gasteiger partial charge is 0.152 e. The molecule has 5 heteroatoms. The molecule has 0 atom stereocenters. The molecule has 0 saturated carbocycles. The topological polar surface area (TPSA) is 74.4 Å². The van der Waals surface area contributed by atoms with E-state index in [1.54, 1.807) is 0 Å². The molecule has 4 aromatic carbocycles. The lowest BCUT2D eigenvalue weighted by Crippen LogP contribution is -1.92. The SMILES string of the molecule is Cc1ccc(-c2c3nc(c(-c4ccc(C)cc4)c4ccc([nH]4)c(-c4ccc(C)cc4)c4nc(c(-c5ccc(C)cc5)c5ccc2[nH]5)C=C4C=O)C=C3)cc1. The highest BCUT2D eigenvalue weighted by Crippen LogP contribution is 2.40. The molecule has 2 aliphatic rings. The van der Waals surface area contributed by atoms with E-state index in [2.05, 4.69) is 171 Å². The first-order valence-corrected chi connectivity index (χ1v) is 18.3. The van der Waals surface area contributed by atoms with Crippen molar-refractivity contribution in [2.24, 2.45) is 0 Å². The number of hydrogen-bond acceptors (Lipinski definition) is 3. The number of H-pyrrole nitrogens is 2. The number of rotatable bonds is 5. The molecule has 0 aliphatic carbocycles. The van der Waals surface area contributed by atoms with E-state index in [9.17, 15) is 4.79 Å². The standard InChI is InChI=1S/C49H38N4O/c1-29-5-13-33(14-6-29)45-38-21-22-39(50-38)46(34-15-7-30(2)8-16-34)41-25-26-43(52-41)48(36-19-11-32(4)12-20-36)49-37(28-54)27-44(53-49)47(42-24-23-40(45)51-42)35-17-9-31(3)10-18-35/h5-28,51-52H,1-4H3. The Labute approximate surface area is 314 Å². The van der Waals surface area contributed by atoms with Crippen LogP contribution < -0.4 is 0 Å². The average molecular weight is 699 g/mol. The Hall–Kier alpha value is -6.85. The molecule has 0 spiro atoms. The number of nitrogens with one attached hydrogen (secondary N) is 2. The zero-order valence-electron chi connectivity index (χ0n) is 30.7. The molecule has 0 amide bonds. The minimum atomic E-state index is 0.522. The van der Waals surface area contributed by atoms with Crippen molar-refractivity contribution in [3.8, 4) is 44.5 Å². The van der Waals surface area contributed by atoms with Gasteiger partial charge in [0.1, 0.15) is 0 Å². The van der Waals surface area contributed by atoms with Crippen LogP contribution in [0.3, 0.4) is 0 Å². The summed E-state index contributed by atoms with van der Waals surface area (Å²) in [7, 11) is 0. The largest absolute Gasteiger partial charge is 0.354 e. The number of aryl methyl sites for hydroxylation is 4. The molecule has 0 fully saturated rings. The molecule has 9 rings (SSSR count). The summed E-state index contributed by atoms with van der Waals surface area (Å²) < 4.78 is 0. The molecule has 54 heavy (non-hydrogen) atoms. The number of hydrogen-bond donors (Lipinski definition) is 2.